The Labute approximate surface area is 94.5 Å². The van der Waals surface area contributed by atoms with Crippen LogP contribution in [0, 0.1) is 11.3 Å². The van der Waals surface area contributed by atoms with E-state index in [9.17, 15) is 0 Å². The first-order valence-corrected chi connectivity index (χ1v) is 4.98. The van der Waals surface area contributed by atoms with E-state index in [1.807, 2.05) is 48.5 Å². The second kappa shape index (κ2) is 4.90. The Hall–Kier alpha value is -2.40. The zero-order valence-electron chi connectivity index (χ0n) is 8.67. The minimum absolute atomic E-state index is 0.815. The van der Waals surface area contributed by atoms with Gasteiger partial charge in [-0.25, -0.2) is 0 Å². The van der Waals surface area contributed by atoms with E-state index in [0.29, 0.717) is 0 Å². The molecule has 0 aliphatic heterocycles. The molecule has 0 bridgehead atoms. The summed E-state index contributed by atoms with van der Waals surface area (Å²) < 4.78 is 0. The average Bonchev–Trinajstić information content (AvgIpc) is 2.38. The molecule has 76 valence electrons. The number of nitrogens with zero attached hydrogens (tertiary/aromatic N) is 2. The van der Waals surface area contributed by atoms with Crippen LogP contribution in [0.3, 0.4) is 0 Å². The van der Waals surface area contributed by atoms with E-state index in [1.165, 1.54) is 6.08 Å². The highest BCUT2D eigenvalue weighted by Gasteiger charge is 2.04. The molecule has 2 nitrogen and oxygen atoms in total. The number of allylic oxidation sites excluding steroid dienone is 1. The molecule has 0 spiro atoms. The van der Waals surface area contributed by atoms with E-state index in [4.69, 9.17) is 5.26 Å². The van der Waals surface area contributed by atoms with Crippen LogP contribution in [0.25, 0.3) is 5.57 Å². The van der Waals surface area contributed by atoms with Crippen molar-refractivity contribution in [2.24, 2.45) is 0 Å². The third-order valence-electron chi connectivity index (χ3n) is 2.23. The van der Waals surface area contributed by atoms with E-state index in [-0.39, 0.29) is 0 Å². The summed E-state index contributed by atoms with van der Waals surface area (Å²) in [5.41, 5.74) is 2.67. The smallest absolute Gasteiger partial charge is 0.0919 e. The van der Waals surface area contributed by atoms with Gasteiger partial charge in [0.25, 0.3) is 0 Å². The molecule has 0 saturated heterocycles. The van der Waals surface area contributed by atoms with Crippen molar-refractivity contribution in [1.82, 2.24) is 4.98 Å². The molecule has 0 N–H and O–H groups in total. The molecule has 0 atom stereocenters. The summed E-state index contributed by atoms with van der Waals surface area (Å²) in [6.45, 7) is 0. The molecule has 0 amide bonds. The Morgan fingerprint density at radius 3 is 2.44 bits per heavy atom. The summed E-state index contributed by atoms with van der Waals surface area (Å²) >= 11 is 0. The van der Waals surface area contributed by atoms with Crippen LogP contribution in [0.1, 0.15) is 11.3 Å². The standard InChI is InChI=1S/C14H10N2/c15-10-9-13(12-6-2-1-3-7-12)14-8-4-5-11-16-14/h1-9,11H/b13-9+. The summed E-state index contributed by atoms with van der Waals surface area (Å²) in [4.78, 5) is 4.25. The largest absolute Gasteiger partial charge is 0.256 e. The third-order valence-corrected chi connectivity index (χ3v) is 2.23. The van der Waals surface area contributed by atoms with Gasteiger partial charge in [0.05, 0.1) is 11.8 Å². The predicted molar refractivity (Wildman–Crippen MR) is 63.4 cm³/mol. The maximum Gasteiger partial charge on any atom is 0.0919 e. The summed E-state index contributed by atoms with van der Waals surface area (Å²) in [7, 11) is 0. The minimum Gasteiger partial charge on any atom is -0.256 e. The van der Waals surface area contributed by atoms with Crippen LogP contribution in [-0.4, -0.2) is 4.98 Å². The highest BCUT2D eigenvalue weighted by molar-refractivity contribution is 5.79. The first-order valence-electron chi connectivity index (χ1n) is 4.98. The summed E-state index contributed by atoms with van der Waals surface area (Å²) in [5.74, 6) is 0. The van der Waals surface area contributed by atoms with E-state index in [2.05, 4.69) is 11.1 Å². The zero-order valence-corrected chi connectivity index (χ0v) is 8.67. The average molecular weight is 206 g/mol. The van der Waals surface area contributed by atoms with Crippen LogP contribution < -0.4 is 0 Å². The van der Waals surface area contributed by atoms with Crippen molar-refractivity contribution in [2.75, 3.05) is 0 Å². The lowest BCUT2D eigenvalue weighted by Gasteiger charge is -2.04. The summed E-state index contributed by atoms with van der Waals surface area (Å²) in [6.07, 6.45) is 3.25. The molecular weight excluding hydrogens is 196 g/mol. The maximum absolute atomic E-state index is 8.81. The van der Waals surface area contributed by atoms with Crippen LogP contribution in [-0.2, 0) is 0 Å². The summed E-state index contributed by atoms with van der Waals surface area (Å²) in [5, 5.41) is 8.81. The molecule has 0 fully saturated rings. The molecule has 2 rings (SSSR count). The van der Waals surface area contributed by atoms with Crippen molar-refractivity contribution in [3.8, 4) is 6.07 Å². The van der Waals surface area contributed by atoms with Gasteiger partial charge >= 0.3 is 0 Å². The SMILES string of the molecule is N#C/C=C(\c1ccccc1)c1ccccn1. The molecule has 0 aliphatic rings. The zero-order chi connectivity index (χ0) is 11.2. The Bertz CT molecular complexity index is 480. The number of hydrogen-bond donors (Lipinski definition) is 0. The van der Waals surface area contributed by atoms with Gasteiger partial charge in [0, 0.05) is 17.8 Å². The minimum atomic E-state index is 0.815. The molecular formula is C14H10N2. The number of hydrogen-bond acceptors (Lipinski definition) is 2. The van der Waals surface area contributed by atoms with Crippen LogP contribution in [0.15, 0.2) is 60.8 Å². The van der Waals surface area contributed by atoms with Gasteiger partial charge in [-0.1, -0.05) is 36.4 Å². The number of aromatic nitrogens is 1. The molecule has 0 aliphatic carbocycles. The predicted octanol–water partition coefficient (Wildman–Crippen LogP) is 3.04. The molecule has 1 aromatic carbocycles. The molecule has 2 heteroatoms. The monoisotopic (exact) mass is 206 g/mol. The molecule has 0 radical (unpaired) electrons. The number of pyridine rings is 1. The van der Waals surface area contributed by atoms with Crippen molar-refractivity contribution in [2.45, 2.75) is 0 Å². The van der Waals surface area contributed by atoms with Crippen molar-refractivity contribution >= 4 is 5.57 Å². The van der Waals surface area contributed by atoms with E-state index in [1.54, 1.807) is 6.20 Å². The van der Waals surface area contributed by atoms with Gasteiger partial charge in [0.1, 0.15) is 0 Å². The highest BCUT2D eigenvalue weighted by atomic mass is 14.7. The van der Waals surface area contributed by atoms with Crippen LogP contribution in [0.5, 0.6) is 0 Å². The van der Waals surface area contributed by atoms with Crippen molar-refractivity contribution in [1.29, 1.82) is 5.26 Å². The molecule has 1 aromatic heterocycles. The van der Waals surface area contributed by atoms with Gasteiger partial charge < -0.3 is 0 Å². The Morgan fingerprint density at radius 2 is 1.81 bits per heavy atom. The molecule has 0 saturated carbocycles. The lowest BCUT2D eigenvalue weighted by molar-refractivity contribution is 1.27. The number of benzene rings is 1. The first-order chi connectivity index (χ1) is 7.92. The Kier molecular flexibility index (Phi) is 3.10. The van der Waals surface area contributed by atoms with Crippen molar-refractivity contribution in [3.05, 3.63) is 72.1 Å². The third kappa shape index (κ3) is 2.15. The van der Waals surface area contributed by atoms with E-state index in [0.717, 1.165) is 16.8 Å². The van der Waals surface area contributed by atoms with Gasteiger partial charge in [-0.05, 0) is 17.7 Å². The molecule has 0 unspecified atom stereocenters. The Balaban J connectivity index is 2.50. The fourth-order valence-electron chi connectivity index (χ4n) is 1.51. The van der Waals surface area contributed by atoms with Gasteiger partial charge in [0.15, 0.2) is 0 Å². The topological polar surface area (TPSA) is 36.7 Å². The quantitative estimate of drug-likeness (QED) is 0.708. The fourth-order valence-corrected chi connectivity index (χ4v) is 1.51. The second-order valence-corrected chi connectivity index (χ2v) is 3.27. The molecule has 2 aromatic rings. The number of nitriles is 1. The van der Waals surface area contributed by atoms with Crippen LogP contribution in [0.2, 0.25) is 0 Å². The lowest BCUT2D eigenvalue weighted by atomic mass is 10.0. The van der Waals surface area contributed by atoms with Crippen molar-refractivity contribution < 1.29 is 0 Å². The van der Waals surface area contributed by atoms with Crippen LogP contribution >= 0.6 is 0 Å². The van der Waals surface area contributed by atoms with Gasteiger partial charge in [-0.15, -0.1) is 0 Å². The lowest BCUT2D eigenvalue weighted by Crippen LogP contribution is -1.90. The van der Waals surface area contributed by atoms with Crippen LogP contribution in [0.4, 0.5) is 0 Å². The van der Waals surface area contributed by atoms with E-state index >= 15 is 0 Å². The fraction of sp³-hybridized carbons (Fsp3) is 0. The van der Waals surface area contributed by atoms with Gasteiger partial charge in [-0.2, -0.15) is 5.26 Å². The normalized spacial score (nSPS) is 10.8. The second-order valence-electron chi connectivity index (χ2n) is 3.27. The molecule has 16 heavy (non-hydrogen) atoms. The van der Waals surface area contributed by atoms with E-state index < -0.39 is 0 Å². The first kappa shape index (κ1) is 10.1. The number of rotatable bonds is 2. The highest BCUT2D eigenvalue weighted by Crippen LogP contribution is 2.20. The van der Waals surface area contributed by atoms with Crippen molar-refractivity contribution in [3.63, 3.8) is 0 Å². The van der Waals surface area contributed by atoms with Gasteiger partial charge in [0.2, 0.25) is 0 Å². The maximum atomic E-state index is 8.81. The summed E-state index contributed by atoms with van der Waals surface area (Å²) in [6, 6.07) is 17.5. The van der Waals surface area contributed by atoms with Gasteiger partial charge in [-0.3, -0.25) is 4.98 Å². The molecule has 1 heterocycles. The Morgan fingerprint density at radius 1 is 1.06 bits per heavy atom.